The largest absolute Gasteiger partial charge is 0.477 e. The molecule has 2 aliphatic rings. The van der Waals surface area contributed by atoms with E-state index in [1.807, 2.05) is 37.3 Å². The van der Waals surface area contributed by atoms with Crippen molar-refractivity contribution < 1.29 is 23.7 Å². The number of rotatable bonds is 8. The van der Waals surface area contributed by atoms with E-state index in [0.717, 1.165) is 20.1 Å². The van der Waals surface area contributed by atoms with Crippen molar-refractivity contribution in [2.75, 3.05) is 17.3 Å². The monoisotopic (exact) mass is 560 g/mol. The van der Waals surface area contributed by atoms with Crippen LogP contribution in [-0.2, 0) is 25.2 Å². The van der Waals surface area contributed by atoms with Crippen LogP contribution in [0.2, 0.25) is 0 Å². The second-order valence-corrected chi connectivity index (χ2v) is 13.0. The summed E-state index contributed by atoms with van der Waals surface area (Å²) in [6.07, 6.45) is 0. The van der Waals surface area contributed by atoms with E-state index in [0.29, 0.717) is 22.0 Å². The molecule has 0 saturated carbocycles. The van der Waals surface area contributed by atoms with Gasteiger partial charge in [-0.15, -0.1) is 22.0 Å². The summed E-state index contributed by atoms with van der Waals surface area (Å²) in [5.74, 6) is -1.68. The molecule has 36 heavy (non-hydrogen) atoms. The molecule has 2 unspecified atom stereocenters. The van der Waals surface area contributed by atoms with Gasteiger partial charge >= 0.3 is 5.97 Å². The summed E-state index contributed by atoms with van der Waals surface area (Å²) in [4.78, 5) is 39.3. The Kier molecular flexibility index (Phi) is 7.15. The van der Waals surface area contributed by atoms with Crippen LogP contribution >= 0.6 is 34.9 Å². The molecule has 1 aromatic heterocycles. The minimum Gasteiger partial charge on any atom is -0.477 e. The van der Waals surface area contributed by atoms with Gasteiger partial charge in [-0.25, -0.2) is 4.79 Å². The number of benzene rings is 2. The zero-order valence-corrected chi connectivity index (χ0v) is 22.1. The number of β-lactam (4-membered cyclic amide) rings is 1. The smallest absolute Gasteiger partial charge is 0.352 e. The van der Waals surface area contributed by atoms with Gasteiger partial charge < -0.3 is 10.4 Å². The van der Waals surface area contributed by atoms with Gasteiger partial charge in [-0.3, -0.25) is 18.7 Å². The molecule has 0 aliphatic carbocycles. The van der Waals surface area contributed by atoms with Crippen molar-refractivity contribution in [1.82, 2.24) is 20.4 Å². The van der Waals surface area contributed by atoms with Crippen LogP contribution in [0.5, 0.6) is 0 Å². The molecule has 2 amide bonds. The van der Waals surface area contributed by atoms with E-state index in [2.05, 4.69) is 15.5 Å². The maximum Gasteiger partial charge on any atom is 0.352 e. The van der Waals surface area contributed by atoms with E-state index < -0.39 is 40.0 Å². The van der Waals surface area contributed by atoms with E-state index in [-0.39, 0.29) is 11.4 Å². The number of carboxylic acids is 1. The van der Waals surface area contributed by atoms with Crippen LogP contribution in [0.15, 0.2) is 63.0 Å². The number of hydrogen-bond acceptors (Lipinski definition) is 9. The van der Waals surface area contributed by atoms with Gasteiger partial charge in [0.05, 0.1) is 10.8 Å². The molecule has 0 bridgehead atoms. The Balaban J connectivity index is 1.23. The first-order valence-electron chi connectivity index (χ1n) is 10.8. The van der Waals surface area contributed by atoms with Gasteiger partial charge in [0.25, 0.3) is 5.91 Å². The van der Waals surface area contributed by atoms with Crippen LogP contribution < -0.4 is 5.32 Å². The van der Waals surface area contributed by atoms with Gasteiger partial charge in [0.15, 0.2) is 4.34 Å². The standard InChI is InChI=1S/C23H20N4O5S4/c1-12-25-26-23(35-12)34-10-15-9-33-21-18(20(29)27(21)19(15)22(30)31)24-17(28)11-36(32)16-7-6-13-4-2-3-5-14(13)8-16/h2-8,18,21H,9-11H2,1H3,(H,24,28)(H,30,31)/t18?,21-,36?/m1/s1. The number of aryl methyl sites for hydroxylation is 1. The summed E-state index contributed by atoms with van der Waals surface area (Å²) in [5.41, 5.74) is 0.583. The van der Waals surface area contributed by atoms with Crippen molar-refractivity contribution in [3.63, 3.8) is 0 Å². The second-order valence-electron chi connectivity index (χ2n) is 8.09. The summed E-state index contributed by atoms with van der Waals surface area (Å²) in [5, 5.41) is 22.7. The number of amides is 2. The van der Waals surface area contributed by atoms with Crippen molar-refractivity contribution >= 4 is 74.2 Å². The number of hydrogen-bond donors (Lipinski definition) is 2. The third-order valence-electron chi connectivity index (χ3n) is 5.69. The summed E-state index contributed by atoms with van der Waals surface area (Å²) >= 11 is 4.21. The molecule has 186 valence electrons. The number of carbonyl (C=O) groups is 3. The molecule has 13 heteroatoms. The Bertz CT molecular complexity index is 1440. The first-order valence-corrected chi connectivity index (χ1v) is 15.0. The number of carboxylic acid groups (broad SMARTS) is 1. The number of thioether (sulfide) groups is 2. The molecule has 9 nitrogen and oxygen atoms in total. The number of aliphatic carboxylic acids is 1. The maximum absolute atomic E-state index is 12.9. The first kappa shape index (κ1) is 24.9. The van der Waals surface area contributed by atoms with Crippen LogP contribution in [0.1, 0.15) is 5.01 Å². The summed E-state index contributed by atoms with van der Waals surface area (Å²) in [6, 6.07) is 12.2. The van der Waals surface area contributed by atoms with Gasteiger partial charge in [-0.2, -0.15) is 0 Å². The van der Waals surface area contributed by atoms with E-state index in [1.165, 1.54) is 39.8 Å². The minimum atomic E-state index is -1.58. The van der Waals surface area contributed by atoms with Gasteiger partial charge in [0.2, 0.25) is 5.91 Å². The molecule has 0 radical (unpaired) electrons. The molecule has 3 heterocycles. The quantitative estimate of drug-likeness (QED) is 0.315. The molecule has 3 atom stereocenters. The average Bonchev–Trinajstić information content (AvgIpc) is 3.29. The van der Waals surface area contributed by atoms with E-state index in [9.17, 15) is 23.7 Å². The highest BCUT2D eigenvalue weighted by Crippen LogP contribution is 2.41. The SMILES string of the molecule is Cc1nnc(SCC2=C(C(=O)O)N3C(=O)C(NC(=O)CS(=O)c4ccc5ccccc5c4)[C@H]3SC2)s1. The van der Waals surface area contributed by atoms with Crippen LogP contribution in [0.4, 0.5) is 0 Å². The Morgan fingerprint density at radius 2 is 2.00 bits per heavy atom. The van der Waals surface area contributed by atoms with Crippen LogP contribution in [-0.4, -0.2) is 70.9 Å². The summed E-state index contributed by atoms with van der Waals surface area (Å²) in [7, 11) is -1.58. The Morgan fingerprint density at radius 1 is 1.22 bits per heavy atom. The van der Waals surface area contributed by atoms with E-state index >= 15 is 0 Å². The van der Waals surface area contributed by atoms with Gasteiger partial charge in [0.1, 0.15) is 27.9 Å². The predicted molar refractivity (Wildman–Crippen MR) is 140 cm³/mol. The second kappa shape index (κ2) is 10.3. The lowest BCUT2D eigenvalue weighted by atomic mass is 10.0. The highest BCUT2D eigenvalue weighted by Gasteiger charge is 2.54. The lowest BCUT2D eigenvalue weighted by Gasteiger charge is -2.49. The van der Waals surface area contributed by atoms with Gasteiger partial charge in [-0.1, -0.05) is 53.4 Å². The lowest BCUT2D eigenvalue weighted by molar-refractivity contribution is -0.150. The molecular weight excluding hydrogens is 541 g/mol. The molecule has 2 N–H and O–H groups in total. The van der Waals surface area contributed by atoms with Crippen LogP contribution in [0.25, 0.3) is 10.8 Å². The highest BCUT2D eigenvalue weighted by molar-refractivity contribution is 8.01. The van der Waals surface area contributed by atoms with Crippen LogP contribution in [0, 0.1) is 6.92 Å². The van der Waals surface area contributed by atoms with Crippen LogP contribution in [0.3, 0.4) is 0 Å². The zero-order chi connectivity index (χ0) is 25.4. The average molecular weight is 561 g/mol. The van der Waals surface area contributed by atoms with Crippen molar-refractivity contribution in [3.8, 4) is 0 Å². The molecule has 1 fully saturated rings. The molecular formula is C23H20N4O5S4. The third-order valence-corrected chi connectivity index (χ3v) is 10.4. The predicted octanol–water partition coefficient (Wildman–Crippen LogP) is 2.64. The Hall–Kier alpha value is -2.74. The highest BCUT2D eigenvalue weighted by atomic mass is 32.2. The van der Waals surface area contributed by atoms with Crippen molar-refractivity contribution in [3.05, 3.63) is 58.7 Å². The van der Waals surface area contributed by atoms with Crippen molar-refractivity contribution in [2.45, 2.75) is 27.6 Å². The van der Waals surface area contributed by atoms with Crippen molar-refractivity contribution in [1.29, 1.82) is 0 Å². The third kappa shape index (κ3) is 4.92. The minimum absolute atomic E-state index is 0.0391. The molecule has 2 aliphatic heterocycles. The summed E-state index contributed by atoms with van der Waals surface area (Å²) < 4.78 is 13.5. The molecule has 0 spiro atoms. The van der Waals surface area contributed by atoms with Gasteiger partial charge in [0, 0.05) is 16.4 Å². The normalized spacial score (nSPS) is 20.1. The summed E-state index contributed by atoms with van der Waals surface area (Å²) in [6.45, 7) is 1.84. The Morgan fingerprint density at radius 3 is 2.72 bits per heavy atom. The van der Waals surface area contributed by atoms with E-state index in [4.69, 9.17) is 0 Å². The molecule has 1 saturated heterocycles. The molecule has 2 aromatic carbocycles. The number of aromatic nitrogens is 2. The Labute approximate surface area is 221 Å². The number of carbonyl (C=O) groups excluding carboxylic acids is 2. The number of fused-ring (bicyclic) bond motifs is 2. The zero-order valence-electron chi connectivity index (χ0n) is 18.9. The topological polar surface area (TPSA) is 130 Å². The van der Waals surface area contributed by atoms with Crippen molar-refractivity contribution in [2.24, 2.45) is 0 Å². The van der Waals surface area contributed by atoms with E-state index in [1.54, 1.807) is 12.1 Å². The number of nitrogens with one attached hydrogen (secondary N) is 1. The lowest BCUT2D eigenvalue weighted by Crippen LogP contribution is -2.70. The molecule has 3 aromatic rings. The maximum atomic E-state index is 12.9. The number of nitrogens with zero attached hydrogens (tertiary/aromatic N) is 3. The molecule has 5 rings (SSSR count). The fraction of sp³-hybridized carbons (Fsp3) is 0.261. The van der Waals surface area contributed by atoms with Gasteiger partial charge in [-0.05, 0) is 35.4 Å². The first-order chi connectivity index (χ1) is 17.3. The fourth-order valence-electron chi connectivity index (χ4n) is 4.01. The fourth-order valence-corrected chi connectivity index (χ4v) is 8.27.